The molecule has 2 heterocycles. The maximum atomic E-state index is 6.68. The lowest BCUT2D eigenvalue weighted by Gasteiger charge is -2.11. The number of rotatable bonds is 3. The highest BCUT2D eigenvalue weighted by Crippen LogP contribution is 2.38. The Morgan fingerprint density at radius 1 is 1.12 bits per heavy atom. The van der Waals surface area contributed by atoms with Crippen molar-refractivity contribution < 1.29 is 4.52 Å². The molecule has 5 nitrogen and oxygen atoms in total. The predicted octanol–water partition coefficient (Wildman–Crippen LogP) is 5.08. The minimum absolute atomic E-state index is 0. The molecule has 0 bridgehead atoms. The van der Waals surface area contributed by atoms with Crippen LogP contribution in [0.15, 0.2) is 53.1 Å². The van der Waals surface area contributed by atoms with Crippen LogP contribution in [0, 0.1) is 6.92 Å². The Labute approximate surface area is 162 Å². The first kappa shape index (κ1) is 18.5. The lowest BCUT2D eigenvalue weighted by molar-refractivity contribution is 0.394. The van der Waals surface area contributed by atoms with Gasteiger partial charge in [-0.1, -0.05) is 47.1 Å². The van der Waals surface area contributed by atoms with Gasteiger partial charge in [0.2, 0.25) is 11.7 Å². The summed E-state index contributed by atoms with van der Waals surface area (Å²) >= 11 is 6.68. The zero-order chi connectivity index (χ0) is 17.6. The third kappa shape index (κ3) is 2.98. The Kier molecular flexibility index (Phi) is 5.05. The van der Waals surface area contributed by atoms with Gasteiger partial charge in [0.25, 0.3) is 0 Å². The van der Waals surface area contributed by atoms with E-state index in [0.717, 1.165) is 22.2 Å². The molecule has 0 spiro atoms. The van der Waals surface area contributed by atoms with Gasteiger partial charge in [-0.25, -0.2) is 0 Å². The van der Waals surface area contributed by atoms with Crippen molar-refractivity contribution in [1.82, 2.24) is 14.7 Å². The molecule has 0 unspecified atom stereocenters. The second kappa shape index (κ2) is 7.11. The van der Waals surface area contributed by atoms with Crippen LogP contribution >= 0.6 is 24.0 Å². The molecular formula is C19H18Cl2N4O. The molecule has 0 aliphatic carbocycles. The molecule has 0 saturated carbocycles. The van der Waals surface area contributed by atoms with Crippen molar-refractivity contribution in [1.29, 1.82) is 0 Å². The minimum atomic E-state index is -0.0154. The van der Waals surface area contributed by atoms with Crippen molar-refractivity contribution in [2.75, 3.05) is 0 Å². The van der Waals surface area contributed by atoms with Gasteiger partial charge in [0.1, 0.15) is 5.69 Å². The standard InChI is InChI=1S/C19H17ClN4O.ClH/c1-11(21)13-7-9-14(10-8-13)24-16-6-4-3-5-15(16)17(20)18(24)19-22-12(2)25-23-19;/h3-11H,21H2,1-2H3;1H/t11-;/m1./s1. The van der Waals surface area contributed by atoms with Crippen molar-refractivity contribution >= 4 is 34.9 Å². The van der Waals surface area contributed by atoms with E-state index in [1.807, 2.05) is 60.0 Å². The van der Waals surface area contributed by atoms with Gasteiger partial charge in [0.15, 0.2) is 0 Å². The molecule has 2 aromatic heterocycles. The third-order valence-electron chi connectivity index (χ3n) is 4.23. The Balaban J connectivity index is 0.00000196. The highest BCUT2D eigenvalue weighted by molar-refractivity contribution is 6.38. The van der Waals surface area contributed by atoms with Gasteiger partial charge < -0.3 is 14.8 Å². The van der Waals surface area contributed by atoms with Crippen LogP contribution in [0.3, 0.4) is 0 Å². The summed E-state index contributed by atoms with van der Waals surface area (Å²) in [4.78, 5) is 4.37. The molecule has 7 heteroatoms. The molecule has 2 N–H and O–H groups in total. The first-order valence-corrected chi connectivity index (χ1v) is 8.39. The number of halogens is 2. The summed E-state index contributed by atoms with van der Waals surface area (Å²) < 4.78 is 7.21. The molecule has 2 aromatic carbocycles. The predicted molar refractivity (Wildman–Crippen MR) is 106 cm³/mol. The molecule has 0 aliphatic heterocycles. The van der Waals surface area contributed by atoms with E-state index in [4.69, 9.17) is 21.9 Å². The third-order valence-corrected chi connectivity index (χ3v) is 4.61. The topological polar surface area (TPSA) is 69.9 Å². The highest BCUT2D eigenvalue weighted by atomic mass is 35.5. The summed E-state index contributed by atoms with van der Waals surface area (Å²) in [6.45, 7) is 3.72. The molecule has 4 rings (SSSR count). The molecule has 0 saturated heterocycles. The fourth-order valence-corrected chi connectivity index (χ4v) is 3.32. The second-order valence-corrected chi connectivity index (χ2v) is 6.41. The van der Waals surface area contributed by atoms with Gasteiger partial charge in [-0.3, -0.25) is 0 Å². The molecule has 134 valence electrons. The van der Waals surface area contributed by atoms with Crippen molar-refractivity contribution in [3.63, 3.8) is 0 Å². The monoisotopic (exact) mass is 388 g/mol. The van der Waals surface area contributed by atoms with E-state index in [9.17, 15) is 0 Å². The van der Waals surface area contributed by atoms with Crippen molar-refractivity contribution in [3.05, 3.63) is 65.0 Å². The fourth-order valence-electron chi connectivity index (χ4n) is 2.99. The first-order chi connectivity index (χ1) is 12.1. The average molecular weight is 389 g/mol. The lowest BCUT2D eigenvalue weighted by Crippen LogP contribution is -2.05. The molecule has 4 aromatic rings. The normalized spacial score (nSPS) is 12.2. The molecular weight excluding hydrogens is 371 g/mol. The Hall–Kier alpha value is -2.34. The van der Waals surface area contributed by atoms with Crippen LogP contribution in [0.4, 0.5) is 0 Å². The number of aryl methyl sites for hydroxylation is 1. The summed E-state index contributed by atoms with van der Waals surface area (Å²) in [6, 6.07) is 16.0. The quantitative estimate of drug-likeness (QED) is 0.530. The molecule has 26 heavy (non-hydrogen) atoms. The van der Waals surface area contributed by atoms with Crippen LogP contribution in [-0.2, 0) is 0 Å². The lowest BCUT2D eigenvalue weighted by atomic mass is 10.1. The van der Waals surface area contributed by atoms with E-state index in [2.05, 4.69) is 10.1 Å². The Bertz CT molecular complexity index is 1050. The Morgan fingerprint density at radius 3 is 2.42 bits per heavy atom. The van der Waals surface area contributed by atoms with Gasteiger partial charge in [-0.05, 0) is 30.7 Å². The molecule has 0 fully saturated rings. The number of aromatic nitrogens is 3. The van der Waals surface area contributed by atoms with Crippen LogP contribution in [0.1, 0.15) is 24.4 Å². The summed E-state index contributed by atoms with van der Waals surface area (Å²) in [5, 5.41) is 5.61. The number of nitrogens with zero attached hydrogens (tertiary/aromatic N) is 3. The van der Waals surface area contributed by atoms with Gasteiger partial charge in [-0.15, -0.1) is 12.4 Å². The summed E-state index contributed by atoms with van der Waals surface area (Å²) in [7, 11) is 0. The Morgan fingerprint density at radius 2 is 1.81 bits per heavy atom. The largest absolute Gasteiger partial charge is 0.339 e. The van der Waals surface area contributed by atoms with E-state index in [-0.39, 0.29) is 18.4 Å². The van der Waals surface area contributed by atoms with Gasteiger partial charge in [0.05, 0.1) is 10.5 Å². The summed E-state index contributed by atoms with van der Waals surface area (Å²) in [5.41, 5.74) is 9.70. The van der Waals surface area contributed by atoms with Gasteiger partial charge in [-0.2, -0.15) is 4.98 Å². The van der Waals surface area contributed by atoms with Crippen molar-refractivity contribution in [3.8, 4) is 17.2 Å². The molecule has 0 aliphatic rings. The number of para-hydroxylation sites is 1. The van der Waals surface area contributed by atoms with Crippen molar-refractivity contribution in [2.45, 2.75) is 19.9 Å². The van der Waals surface area contributed by atoms with E-state index in [0.29, 0.717) is 22.4 Å². The van der Waals surface area contributed by atoms with Crippen LogP contribution < -0.4 is 5.73 Å². The van der Waals surface area contributed by atoms with Crippen LogP contribution in [0.2, 0.25) is 5.02 Å². The maximum absolute atomic E-state index is 6.68. The number of benzene rings is 2. The second-order valence-electron chi connectivity index (χ2n) is 6.03. The summed E-state index contributed by atoms with van der Waals surface area (Å²) in [5.74, 6) is 0.963. The van der Waals surface area contributed by atoms with Gasteiger partial charge in [0, 0.05) is 24.0 Å². The molecule has 0 radical (unpaired) electrons. The average Bonchev–Trinajstić information content (AvgIpc) is 3.16. The molecule has 1 atom stereocenters. The number of fused-ring (bicyclic) bond motifs is 1. The van der Waals surface area contributed by atoms with Gasteiger partial charge >= 0.3 is 0 Å². The fraction of sp³-hybridized carbons (Fsp3) is 0.158. The number of hydrogen-bond acceptors (Lipinski definition) is 4. The van der Waals surface area contributed by atoms with E-state index in [1.54, 1.807) is 6.92 Å². The minimum Gasteiger partial charge on any atom is -0.339 e. The number of hydrogen-bond donors (Lipinski definition) is 1. The maximum Gasteiger partial charge on any atom is 0.223 e. The van der Waals surface area contributed by atoms with E-state index >= 15 is 0 Å². The SMILES string of the molecule is Cc1nc(-c2c(Cl)c3ccccc3n2-c2ccc([C@@H](C)N)cc2)no1.Cl. The number of nitrogens with two attached hydrogens (primary N) is 1. The highest BCUT2D eigenvalue weighted by Gasteiger charge is 2.22. The van der Waals surface area contributed by atoms with Crippen molar-refractivity contribution in [2.24, 2.45) is 5.73 Å². The van der Waals surface area contributed by atoms with E-state index < -0.39 is 0 Å². The molecule has 0 amide bonds. The van der Waals surface area contributed by atoms with Crippen LogP contribution in [0.25, 0.3) is 28.1 Å². The van der Waals surface area contributed by atoms with Crippen LogP contribution in [0.5, 0.6) is 0 Å². The first-order valence-electron chi connectivity index (χ1n) is 8.02. The zero-order valence-electron chi connectivity index (χ0n) is 14.3. The summed E-state index contributed by atoms with van der Waals surface area (Å²) in [6.07, 6.45) is 0. The smallest absolute Gasteiger partial charge is 0.223 e. The van der Waals surface area contributed by atoms with E-state index in [1.165, 1.54) is 0 Å². The van der Waals surface area contributed by atoms with Crippen LogP contribution in [-0.4, -0.2) is 14.7 Å². The zero-order valence-corrected chi connectivity index (χ0v) is 15.9.